The van der Waals surface area contributed by atoms with Crippen molar-refractivity contribution in [1.29, 1.82) is 0 Å². The van der Waals surface area contributed by atoms with Gasteiger partial charge in [0, 0.05) is 0 Å². The fourth-order valence-corrected chi connectivity index (χ4v) is 2.10. The van der Waals surface area contributed by atoms with Gasteiger partial charge >= 0.3 is 5.97 Å². The maximum atomic E-state index is 11.8. The lowest BCUT2D eigenvalue weighted by atomic mass is 10.0. The Balaban J connectivity index is 2.12. The van der Waals surface area contributed by atoms with Gasteiger partial charge in [0.1, 0.15) is 5.75 Å². The molecule has 0 saturated carbocycles. The molecule has 0 amide bonds. The van der Waals surface area contributed by atoms with Crippen LogP contribution in [0.2, 0.25) is 0 Å². The first kappa shape index (κ1) is 16.1. The molecule has 2 aromatic rings. The Labute approximate surface area is 131 Å². The van der Waals surface area contributed by atoms with E-state index < -0.39 is 5.60 Å². The molecule has 0 spiro atoms. The maximum Gasteiger partial charge on any atom is 0.349 e. The van der Waals surface area contributed by atoms with Crippen LogP contribution in [0.25, 0.3) is 11.1 Å². The molecule has 0 radical (unpaired) electrons. The van der Waals surface area contributed by atoms with E-state index in [1.807, 2.05) is 24.3 Å². The topological polar surface area (TPSA) is 35.5 Å². The second-order valence-corrected chi connectivity index (χ2v) is 5.72. The van der Waals surface area contributed by atoms with Crippen molar-refractivity contribution in [1.82, 2.24) is 0 Å². The third-order valence-electron chi connectivity index (χ3n) is 3.38. The summed E-state index contributed by atoms with van der Waals surface area (Å²) in [5.41, 5.74) is 2.50. The highest BCUT2D eigenvalue weighted by Crippen LogP contribution is 2.25. The Kier molecular flexibility index (Phi) is 4.86. The molecule has 3 heteroatoms. The van der Waals surface area contributed by atoms with Gasteiger partial charge in [-0.25, -0.2) is 4.79 Å². The second kappa shape index (κ2) is 6.65. The molecule has 0 N–H and O–H groups in total. The van der Waals surface area contributed by atoms with E-state index in [0.717, 1.165) is 11.1 Å². The van der Waals surface area contributed by atoms with Gasteiger partial charge in [0.25, 0.3) is 0 Å². The second-order valence-electron chi connectivity index (χ2n) is 5.72. The lowest BCUT2D eigenvalue weighted by Crippen LogP contribution is -2.39. The molecule has 0 aliphatic heterocycles. The van der Waals surface area contributed by atoms with E-state index in [2.05, 4.69) is 31.2 Å². The fraction of sp³-hybridized carbons (Fsp3) is 0.316. The average molecular weight is 298 g/mol. The van der Waals surface area contributed by atoms with Crippen LogP contribution in [0.3, 0.4) is 0 Å². The maximum absolute atomic E-state index is 11.8. The first-order chi connectivity index (χ1) is 10.4. The molecule has 0 aliphatic rings. The molecule has 3 nitrogen and oxygen atoms in total. The third kappa shape index (κ3) is 3.88. The predicted octanol–water partition coefficient (Wildman–Crippen LogP) is 4.38. The zero-order chi connectivity index (χ0) is 16.2. The summed E-state index contributed by atoms with van der Waals surface area (Å²) in [6.45, 7) is 7.61. The van der Waals surface area contributed by atoms with Gasteiger partial charge in [0.05, 0.1) is 6.61 Å². The van der Waals surface area contributed by atoms with Crippen LogP contribution in [0, 0.1) is 6.92 Å². The van der Waals surface area contributed by atoms with Crippen LogP contribution in [-0.2, 0) is 9.53 Å². The standard InChI is InChI=1S/C19H22O3/c1-5-21-18(20)19(3,4)22-17-12-10-16(11-13-17)15-8-6-14(2)7-9-15/h6-13H,5H2,1-4H3. The number of aryl methyl sites for hydroxylation is 1. The number of benzene rings is 2. The highest BCUT2D eigenvalue weighted by Gasteiger charge is 2.31. The number of ether oxygens (including phenoxy) is 2. The van der Waals surface area contributed by atoms with Gasteiger partial charge in [-0.05, 0) is 51.0 Å². The molecule has 116 valence electrons. The summed E-state index contributed by atoms with van der Waals surface area (Å²) in [5.74, 6) is 0.284. The van der Waals surface area contributed by atoms with E-state index in [0.29, 0.717) is 12.4 Å². The lowest BCUT2D eigenvalue weighted by molar-refractivity contribution is -0.158. The quantitative estimate of drug-likeness (QED) is 0.768. The van der Waals surface area contributed by atoms with Crippen LogP contribution in [0.1, 0.15) is 26.3 Å². The summed E-state index contributed by atoms with van der Waals surface area (Å²) in [6, 6.07) is 16.1. The van der Waals surface area contributed by atoms with Crippen LogP contribution in [0.5, 0.6) is 5.75 Å². The molecule has 0 unspecified atom stereocenters. The van der Waals surface area contributed by atoms with Crippen molar-refractivity contribution in [2.75, 3.05) is 6.61 Å². The van der Waals surface area contributed by atoms with Gasteiger partial charge in [-0.2, -0.15) is 0 Å². The number of esters is 1. The van der Waals surface area contributed by atoms with Crippen LogP contribution < -0.4 is 4.74 Å². The summed E-state index contributed by atoms with van der Waals surface area (Å²) in [7, 11) is 0. The zero-order valence-electron chi connectivity index (χ0n) is 13.6. The molecular formula is C19H22O3. The summed E-state index contributed by atoms with van der Waals surface area (Å²) in [4.78, 5) is 11.8. The average Bonchev–Trinajstić information content (AvgIpc) is 2.49. The van der Waals surface area contributed by atoms with Crippen molar-refractivity contribution in [3.05, 3.63) is 54.1 Å². The summed E-state index contributed by atoms with van der Waals surface area (Å²) in [5, 5.41) is 0. The monoisotopic (exact) mass is 298 g/mol. The lowest BCUT2D eigenvalue weighted by Gasteiger charge is -2.24. The van der Waals surface area contributed by atoms with E-state index in [9.17, 15) is 4.79 Å². The molecule has 22 heavy (non-hydrogen) atoms. The van der Waals surface area contributed by atoms with Gasteiger partial charge in [0.15, 0.2) is 5.60 Å². The molecule has 0 bridgehead atoms. The van der Waals surface area contributed by atoms with Crippen molar-refractivity contribution < 1.29 is 14.3 Å². The highest BCUT2D eigenvalue weighted by atomic mass is 16.6. The van der Waals surface area contributed by atoms with Crippen molar-refractivity contribution in [2.45, 2.75) is 33.3 Å². The normalized spacial score (nSPS) is 11.1. The summed E-state index contributed by atoms with van der Waals surface area (Å²) >= 11 is 0. The largest absolute Gasteiger partial charge is 0.476 e. The van der Waals surface area contributed by atoms with Gasteiger partial charge in [-0.3, -0.25) is 0 Å². The number of hydrogen-bond acceptors (Lipinski definition) is 3. The van der Waals surface area contributed by atoms with Gasteiger partial charge in [-0.15, -0.1) is 0 Å². The molecule has 2 rings (SSSR count). The van der Waals surface area contributed by atoms with Gasteiger partial charge < -0.3 is 9.47 Å². The minimum atomic E-state index is -0.999. The molecular weight excluding hydrogens is 276 g/mol. The van der Waals surface area contributed by atoms with E-state index in [1.165, 1.54) is 5.56 Å². The number of carbonyl (C=O) groups is 1. The fourth-order valence-electron chi connectivity index (χ4n) is 2.10. The van der Waals surface area contributed by atoms with Crippen LogP contribution in [0.4, 0.5) is 0 Å². The van der Waals surface area contributed by atoms with Crippen molar-refractivity contribution in [3.8, 4) is 16.9 Å². The van der Waals surface area contributed by atoms with E-state index in [-0.39, 0.29) is 5.97 Å². The molecule has 0 aromatic heterocycles. The number of rotatable bonds is 5. The Hall–Kier alpha value is -2.29. The molecule has 0 saturated heterocycles. The third-order valence-corrected chi connectivity index (χ3v) is 3.38. The van der Waals surface area contributed by atoms with E-state index >= 15 is 0 Å². The summed E-state index contributed by atoms with van der Waals surface area (Å²) in [6.07, 6.45) is 0. The Bertz CT molecular complexity index is 625. The van der Waals surface area contributed by atoms with Gasteiger partial charge in [0.2, 0.25) is 0 Å². The SMILES string of the molecule is CCOC(=O)C(C)(C)Oc1ccc(-c2ccc(C)cc2)cc1. The van der Waals surface area contributed by atoms with Crippen molar-refractivity contribution in [3.63, 3.8) is 0 Å². The van der Waals surface area contributed by atoms with Crippen LogP contribution in [0.15, 0.2) is 48.5 Å². The van der Waals surface area contributed by atoms with Gasteiger partial charge in [-0.1, -0.05) is 42.0 Å². The minimum absolute atomic E-state index is 0.345. The van der Waals surface area contributed by atoms with Crippen molar-refractivity contribution in [2.24, 2.45) is 0 Å². The first-order valence-corrected chi connectivity index (χ1v) is 7.46. The Morgan fingerprint density at radius 1 is 0.955 bits per heavy atom. The molecule has 0 fully saturated rings. The van der Waals surface area contributed by atoms with Crippen LogP contribution >= 0.6 is 0 Å². The molecule has 0 aliphatic carbocycles. The Morgan fingerprint density at radius 3 is 1.95 bits per heavy atom. The molecule has 0 atom stereocenters. The van der Waals surface area contributed by atoms with Crippen LogP contribution in [-0.4, -0.2) is 18.2 Å². The number of hydrogen-bond donors (Lipinski definition) is 0. The molecule has 2 aromatic carbocycles. The highest BCUT2D eigenvalue weighted by molar-refractivity contribution is 5.79. The Morgan fingerprint density at radius 2 is 1.45 bits per heavy atom. The first-order valence-electron chi connectivity index (χ1n) is 7.46. The predicted molar refractivity (Wildman–Crippen MR) is 88.0 cm³/mol. The van der Waals surface area contributed by atoms with E-state index in [1.54, 1.807) is 20.8 Å². The minimum Gasteiger partial charge on any atom is -0.476 e. The zero-order valence-corrected chi connectivity index (χ0v) is 13.6. The smallest absolute Gasteiger partial charge is 0.349 e. The molecule has 0 heterocycles. The number of carbonyl (C=O) groups excluding carboxylic acids is 1. The van der Waals surface area contributed by atoms with E-state index in [4.69, 9.17) is 9.47 Å². The summed E-state index contributed by atoms with van der Waals surface area (Å²) < 4.78 is 10.8. The van der Waals surface area contributed by atoms with Crippen molar-refractivity contribution >= 4 is 5.97 Å².